The standard InChI is InChI=1S/C7H9ClF3NO2/c1-2-4(5(13)3-8)12-6(14)7(9,10)11/h4H,2-3H2,1H3,(H,12,14). The predicted molar refractivity (Wildman–Crippen MR) is 44.0 cm³/mol. The van der Waals surface area contributed by atoms with Gasteiger partial charge in [-0.25, -0.2) is 0 Å². The molecule has 14 heavy (non-hydrogen) atoms. The quantitative estimate of drug-likeness (QED) is 0.741. The molecule has 0 saturated heterocycles. The van der Waals surface area contributed by atoms with Crippen molar-refractivity contribution in [3.8, 4) is 0 Å². The fourth-order valence-corrected chi connectivity index (χ4v) is 0.930. The molecule has 0 aliphatic heterocycles. The van der Waals surface area contributed by atoms with E-state index in [4.69, 9.17) is 11.6 Å². The molecule has 0 bridgehead atoms. The molecular weight excluding hydrogens is 223 g/mol. The summed E-state index contributed by atoms with van der Waals surface area (Å²) in [6.45, 7) is 1.48. The van der Waals surface area contributed by atoms with Crippen molar-refractivity contribution in [1.29, 1.82) is 0 Å². The minimum absolute atomic E-state index is 0.0768. The molecule has 0 aromatic heterocycles. The second-order valence-corrected chi connectivity index (χ2v) is 2.80. The van der Waals surface area contributed by atoms with Crippen LogP contribution in [0.3, 0.4) is 0 Å². The first-order chi connectivity index (χ1) is 6.32. The maximum Gasteiger partial charge on any atom is 0.471 e. The van der Waals surface area contributed by atoms with Gasteiger partial charge in [0, 0.05) is 0 Å². The summed E-state index contributed by atoms with van der Waals surface area (Å²) < 4.78 is 35.3. The van der Waals surface area contributed by atoms with Gasteiger partial charge in [0.1, 0.15) is 0 Å². The number of Topliss-reactive ketones (excluding diaryl/α,β-unsaturated/α-hetero) is 1. The van der Waals surface area contributed by atoms with Crippen LogP contribution in [-0.2, 0) is 9.59 Å². The lowest BCUT2D eigenvalue weighted by Crippen LogP contribution is -2.46. The van der Waals surface area contributed by atoms with Crippen LogP contribution < -0.4 is 5.32 Å². The summed E-state index contributed by atoms with van der Waals surface area (Å²) in [7, 11) is 0. The summed E-state index contributed by atoms with van der Waals surface area (Å²) in [6, 6.07) is -1.17. The van der Waals surface area contributed by atoms with Gasteiger partial charge in [0.05, 0.1) is 11.9 Å². The third-order valence-corrected chi connectivity index (χ3v) is 1.75. The van der Waals surface area contributed by atoms with E-state index in [1.165, 1.54) is 6.92 Å². The number of carbonyl (C=O) groups excluding carboxylic acids is 2. The molecule has 0 spiro atoms. The smallest absolute Gasteiger partial charge is 0.338 e. The van der Waals surface area contributed by atoms with E-state index in [-0.39, 0.29) is 6.42 Å². The monoisotopic (exact) mass is 231 g/mol. The third kappa shape index (κ3) is 3.95. The fourth-order valence-electron chi connectivity index (χ4n) is 0.743. The molecule has 0 radical (unpaired) electrons. The van der Waals surface area contributed by atoms with E-state index in [0.29, 0.717) is 0 Å². The molecule has 82 valence electrons. The zero-order valence-corrected chi connectivity index (χ0v) is 8.08. The van der Waals surface area contributed by atoms with Gasteiger partial charge in [0.15, 0.2) is 5.78 Å². The molecule has 0 rings (SSSR count). The molecule has 0 aliphatic rings. The Morgan fingerprint density at radius 1 is 1.43 bits per heavy atom. The molecular formula is C7H9ClF3NO2. The number of alkyl halides is 4. The number of nitrogens with one attached hydrogen (secondary N) is 1. The van der Waals surface area contributed by atoms with Crippen molar-refractivity contribution < 1.29 is 22.8 Å². The molecule has 0 saturated carbocycles. The minimum atomic E-state index is -4.97. The van der Waals surface area contributed by atoms with E-state index in [2.05, 4.69) is 0 Å². The van der Waals surface area contributed by atoms with Crippen molar-refractivity contribution in [2.24, 2.45) is 0 Å². The van der Waals surface area contributed by atoms with Crippen molar-refractivity contribution in [2.75, 3.05) is 5.88 Å². The van der Waals surface area contributed by atoms with Gasteiger partial charge in [-0.2, -0.15) is 13.2 Å². The average molecular weight is 232 g/mol. The van der Waals surface area contributed by atoms with Gasteiger partial charge < -0.3 is 5.32 Å². The van der Waals surface area contributed by atoms with Crippen molar-refractivity contribution >= 4 is 23.3 Å². The third-order valence-electron chi connectivity index (χ3n) is 1.49. The zero-order valence-electron chi connectivity index (χ0n) is 7.32. The highest BCUT2D eigenvalue weighted by Crippen LogP contribution is 2.14. The molecule has 7 heteroatoms. The van der Waals surface area contributed by atoms with Crippen LogP contribution in [0.25, 0.3) is 0 Å². The molecule has 0 aromatic carbocycles. The second-order valence-electron chi connectivity index (χ2n) is 2.53. The average Bonchev–Trinajstić information content (AvgIpc) is 2.10. The van der Waals surface area contributed by atoms with Gasteiger partial charge >= 0.3 is 12.1 Å². The molecule has 0 fully saturated rings. The van der Waals surface area contributed by atoms with Gasteiger partial charge in [0.2, 0.25) is 0 Å². The number of ketones is 1. The number of amides is 1. The molecule has 0 aromatic rings. The van der Waals surface area contributed by atoms with Crippen LogP contribution >= 0.6 is 11.6 Å². The highest BCUT2D eigenvalue weighted by atomic mass is 35.5. The molecule has 0 heterocycles. The Morgan fingerprint density at radius 2 is 1.93 bits per heavy atom. The zero-order chi connectivity index (χ0) is 11.4. The van der Waals surface area contributed by atoms with E-state index < -0.39 is 29.8 Å². The Labute approximate surface area is 83.6 Å². The summed E-state index contributed by atoms with van der Waals surface area (Å²) in [5.41, 5.74) is 0. The van der Waals surface area contributed by atoms with Crippen LogP contribution in [-0.4, -0.2) is 29.8 Å². The number of halogens is 4. The minimum Gasteiger partial charge on any atom is -0.338 e. The van der Waals surface area contributed by atoms with Crippen LogP contribution in [0.4, 0.5) is 13.2 Å². The Morgan fingerprint density at radius 3 is 2.21 bits per heavy atom. The SMILES string of the molecule is CCC(NC(=O)C(F)(F)F)C(=O)CCl. The largest absolute Gasteiger partial charge is 0.471 e. The molecule has 3 nitrogen and oxygen atoms in total. The fraction of sp³-hybridized carbons (Fsp3) is 0.714. The maximum absolute atomic E-state index is 11.8. The first-order valence-corrected chi connectivity index (χ1v) is 4.32. The molecule has 1 atom stereocenters. The van der Waals surface area contributed by atoms with Crippen LogP contribution in [0.1, 0.15) is 13.3 Å². The summed E-state index contributed by atoms with van der Waals surface area (Å²) in [5.74, 6) is -3.18. The van der Waals surface area contributed by atoms with Crippen LogP contribution in [0.5, 0.6) is 0 Å². The highest BCUT2D eigenvalue weighted by molar-refractivity contribution is 6.28. The summed E-state index contributed by atoms with van der Waals surface area (Å²) in [4.78, 5) is 21.3. The van der Waals surface area contributed by atoms with E-state index >= 15 is 0 Å². The van der Waals surface area contributed by atoms with E-state index in [9.17, 15) is 22.8 Å². The molecule has 1 N–H and O–H groups in total. The van der Waals surface area contributed by atoms with E-state index in [0.717, 1.165) is 0 Å². The summed E-state index contributed by atoms with van der Waals surface area (Å²) >= 11 is 5.14. The topological polar surface area (TPSA) is 46.2 Å². The van der Waals surface area contributed by atoms with Crippen LogP contribution in [0.15, 0.2) is 0 Å². The van der Waals surface area contributed by atoms with Crippen molar-refractivity contribution in [3.63, 3.8) is 0 Å². The van der Waals surface area contributed by atoms with Gasteiger partial charge in [-0.05, 0) is 6.42 Å². The van der Waals surface area contributed by atoms with Gasteiger partial charge in [-0.15, -0.1) is 11.6 Å². The van der Waals surface area contributed by atoms with Crippen LogP contribution in [0.2, 0.25) is 0 Å². The highest BCUT2D eigenvalue weighted by Gasteiger charge is 2.40. The molecule has 1 unspecified atom stereocenters. The van der Waals surface area contributed by atoms with Gasteiger partial charge in [0.25, 0.3) is 0 Å². The summed E-state index contributed by atoms with van der Waals surface area (Å²) in [6.07, 6.45) is -4.90. The lowest BCUT2D eigenvalue weighted by Gasteiger charge is -2.15. The predicted octanol–water partition coefficient (Wildman–Crippen LogP) is 1.25. The van der Waals surface area contributed by atoms with E-state index in [1.54, 1.807) is 5.32 Å². The first-order valence-electron chi connectivity index (χ1n) is 3.79. The lowest BCUT2D eigenvalue weighted by atomic mass is 10.1. The Bertz CT molecular complexity index is 229. The van der Waals surface area contributed by atoms with Gasteiger partial charge in [-0.1, -0.05) is 6.92 Å². The Hall–Kier alpha value is -0.780. The number of hydrogen-bond acceptors (Lipinski definition) is 2. The maximum atomic E-state index is 11.8. The van der Waals surface area contributed by atoms with Crippen molar-refractivity contribution in [3.05, 3.63) is 0 Å². The first kappa shape index (κ1) is 13.2. The van der Waals surface area contributed by atoms with Gasteiger partial charge in [-0.3, -0.25) is 9.59 Å². The Kier molecular flexibility index (Phi) is 4.90. The lowest BCUT2D eigenvalue weighted by molar-refractivity contribution is -0.174. The normalized spacial score (nSPS) is 13.5. The molecule has 0 aliphatic carbocycles. The van der Waals surface area contributed by atoms with Crippen molar-refractivity contribution in [2.45, 2.75) is 25.6 Å². The van der Waals surface area contributed by atoms with Crippen LogP contribution in [0, 0.1) is 0 Å². The Balaban J connectivity index is 4.34. The molecule has 1 amide bonds. The number of carbonyl (C=O) groups is 2. The second kappa shape index (κ2) is 5.19. The van der Waals surface area contributed by atoms with Crippen molar-refractivity contribution in [1.82, 2.24) is 5.32 Å². The number of hydrogen-bond donors (Lipinski definition) is 1. The summed E-state index contributed by atoms with van der Waals surface area (Å²) in [5, 5.41) is 1.56. The number of rotatable bonds is 4. The van der Waals surface area contributed by atoms with E-state index in [1.807, 2.05) is 0 Å².